The molecule has 0 bridgehead atoms. The number of piperazine rings is 1. The zero-order chi connectivity index (χ0) is 39.9. The Hall–Kier alpha value is -2.65. The standard InChI is InChI=1S/C28H38F3N5O2.C12H26O3S/c1-19-16-35(14-15-36(19)24(17-38-5)22-6-8-23(9-7-22)28(29,30)31)27(4)10-12-34(13-11-27)26(37)25-20(2)32-18-33-21(25)3;1-2-3-4-5-6-7-8-9-10-11-12-16(13,14)15/h6-9,18-19,24H,10-17H2,1-5H3;2-12H2,1H3,(H,13,14,15)/t19-,24-;/m0./s1. The first-order chi connectivity index (χ1) is 25.5. The van der Waals surface area contributed by atoms with E-state index in [1.807, 2.05) is 18.7 Å². The van der Waals surface area contributed by atoms with Crippen molar-refractivity contribution >= 4 is 16.0 Å². The van der Waals surface area contributed by atoms with Crippen molar-refractivity contribution in [1.82, 2.24) is 24.7 Å². The van der Waals surface area contributed by atoms with Gasteiger partial charge >= 0.3 is 6.18 Å². The van der Waals surface area contributed by atoms with Crippen LogP contribution in [-0.4, -0.2) is 107 Å². The molecule has 2 atom stereocenters. The van der Waals surface area contributed by atoms with E-state index in [1.165, 1.54) is 51.3 Å². The van der Waals surface area contributed by atoms with Gasteiger partial charge in [0.2, 0.25) is 0 Å². The van der Waals surface area contributed by atoms with Crippen LogP contribution in [0.4, 0.5) is 13.2 Å². The van der Waals surface area contributed by atoms with Crippen molar-refractivity contribution in [3.8, 4) is 0 Å². The summed E-state index contributed by atoms with van der Waals surface area (Å²) in [5, 5.41) is 0. The number of amides is 1. The van der Waals surface area contributed by atoms with Gasteiger partial charge in [-0.05, 0) is 64.7 Å². The van der Waals surface area contributed by atoms with Crippen LogP contribution in [0.25, 0.3) is 0 Å². The van der Waals surface area contributed by atoms with Crippen LogP contribution < -0.4 is 0 Å². The number of aryl methyl sites for hydroxylation is 2. The Morgan fingerprint density at radius 2 is 1.46 bits per heavy atom. The molecule has 306 valence electrons. The quantitative estimate of drug-likeness (QED) is 0.125. The van der Waals surface area contributed by atoms with Crippen molar-refractivity contribution in [2.24, 2.45) is 0 Å². The van der Waals surface area contributed by atoms with Gasteiger partial charge in [-0.25, -0.2) is 9.97 Å². The van der Waals surface area contributed by atoms with E-state index >= 15 is 0 Å². The summed E-state index contributed by atoms with van der Waals surface area (Å²) in [4.78, 5) is 28.4. The Labute approximate surface area is 322 Å². The van der Waals surface area contributed by atoms with Crippen LogP contribution in [0.3, 0.4) is 0 Å². The number of carbonyl (C=O) groups excluding carboxylic acids is 1. The lowest BCUT2D eigenvalue weighted by Crippen LogP contribution is -2.62. The van der Waals surface area contributed by atoms with E-state index in [-0.39, 0.29) is 29.3 Å². The van der Waals surface area contributed by atoms with E-state index in [0.29, 0.717) is 43.1 Å². The van der Waals surface area contributed by atoms with E-state index in [0.717, 1.165) is 63.0 Å². The molecule has 1 aromatic heterocycles. The fourth-order valence-electron chi connectivity index (χ4n) is 7.70. The minimum absolute atomic E-state index is 0.000198. The summed E-state index contributed by atoms with van der Waals surface area (Å²) < 4.78 is 74.0. The van der Waals surface area contributed by atoms with E-state index < -0.39 is 21.9 Å². The fourth-order valence-corrected chi connectivity index (χ4v) is 8.27. The summed E-state index contributed by atoms with van der Waals surface area (Å²) in [7, 11) is -2.11. The number of piperidine rings is 1. The zero-order valence-corrected chi connectivity index (χ0v) is 34.2. The van der Waals surface area contributed by atoms with Crippen LogP contribution in [0, 0.1) is 13.8 Å². The van der Waals surface area contributed by atoms with E-state index in [9.17, 15) is 26.4 Å². The maximum absolute atomic E-state index is 13.2. The minimum Gasteiger partial charge on any atom is -0.383 e. The lowest BCUT2D eigenvalue weighted by Gasteiger charge is -2.52. The average Bonchev–Trinajstić information content (AvgIpc) is 3.11. The Morgan fingerprint density at radius 1 is 0.926 bits per heavy atom. The molecule has 54 heavy (non-hydrogen) atoms. The number of hydrogen-bond acceptors (Lipinski definition) is 8. The first kappa shape index (κ1) is 45.7. The van der Waals surface area contributed by atoms with Crippen LogP contribution in [-0.2, 0) is 21.0 Å². The molecular formula is C40H64F3N5O5S. The number of aromatic nitrogens is 2. The molecule has 2 aromatic rings. The lowest BCUT2D eigenvalue weighted by molar-refractivity contribution is -0.137. The number of unbranched alkanes of at least 4 members (excludes halogenated alkanes) is 9. The molecule has 1 N–H and O–H groups in total. The summed E-state index contributed by atoms with van der Waals surface area (Å²) in [5.41, 5.74) is 2.18. The first-order valence-electron chi connectivity index (χ1n) is 19.7. The third-order valence-corrected chi connectivity index (χ3v) is 11.9. The Balaban J connectivity index is 0.000000414. The Kier molecular flexibility index (Phi) is 18.3. The van der Waals surface area contributed by atoms with E-state index in [2.05, 4.69) is 40.5 Å². The molecule has 3 heterocycles. The third kappa shape index (κ3) is 14.1. The molecule has 14 heteroatoms. The van der Waals surface area contributed by atoms with Crippen molar-refractivity contribution in [3.63, 3.8) is 0 Å². The number of nitrogens with zero attached hydrogens (tertiary/aromatic N) is 5. The topological polar surface area (TPSA) is 116 Å². The highest BCUT2D eigenvalue weighted by Gasteiger charge is 2.41. The second-order valence-corrected chi connectivity index (χ2v) is 16.9. The van der Waals surface area contributed by atoms with E-state index in [1.54, 1.807) is 19.2 Å². The molecule has 2 aliphatic heterocycles. The van der Waals surface area contributed by atoms with Crippen LogP contribution >= 0.6 is 0 Å². The summed E-state index contributed by atoms with van der Waals surface area (Å²) in [5.74, 6) is -0.0801. The van der Waals surface area contributed by atoms with Gasteiger partial charge < -0.3 is 9.64 Å². The SMILES string of the molecule is CCCCCCCCCCCCS(=O)(=O)O.COC[C@@H](c1ccc(C(F)(F)F)cc1)N1CCN(C2(C)CCN(C(=O)c3c(C)ncnc3C)CC2)C[C@@H]1C. The predicted octanol–water partition coefficient (Wildman–Crippen LogP) is 8.30. The number of alkyl halides is 3. The summed E-state index contributed by atoms with van der Waals surface area (Å²) in [6.45, 7) is 14.6. The number of halogens is 3. The fraction of sp³-hybridized carbons (Fsp3) is 0.725. The molecule has 2 fully saturated rings. The minimum atomic E-state index is -4.35. The monoisotopic (exact) mass is 783 g/mol. The number of methoxy groups -OCH3 is 1. The van der Waals surface area contributed by atoms with Gasteiger partial charge in [0.1, 0.15) is 6.33 Å². The van der Waals surface area contributed by atoms with Crippen LogP contribution in [0.5, 0.6) is 0 Å². The van der Waals surface area contributed by atoms with Crippen LogP contribution in [0.2, 0.25) is 0 Å². The van der Waals surface area contributed by atoms with Gasteiger partial charge in [-0.1, -0.05) is 76.8 Å². The number of rotatable bonds is 17. The molecule has 1 aromatic carbocycles. The number of ether oxygens (including phenoxy) is 1. The normalized spacial score (nSPS) is 18.9. The highest BCUT2D eigenvalue weighted by atomic mass is 32.2. The van der Waals surface area contributed by atoms with Crippen molar-refractivity contribution in [1.29, 1.82) is 0 Å². The van der Waals surface area contributed by atoms with Gasteiger partial charge in [-0.15, -0.1) is 0 Å². The Morgan fingerprint density at radius 3 is 1.94 bits per heavy atom. The van der Waals surface area contributed by atoms with Crippen LogP contribution in [0.15, 0.2) is 30.6 Å². The van der Waals surface area contributed by atoms with Crippen molar-refractivity contribution in [2.75, 3.05) is 52.2 Å². The van der Waals surface area contributed by atoms with Crippen LogP contribution in [0.1, 0.15) is 137 Å². The number of hydrogen-bond donors (Lipinski definition) is 1. The first-order valence-corrected chi connectivity index (χ1v) is 21.3. The second kappa shape index (κ2) is 21.6. The molecule has 0 saturated carbocycles. The zero-order valence-electron chi connectivity index (χ0n) is 33.3. The highest BCUT2D eigenvalue weighted by molar-refractivity contribution is 7.85. The highest BCUT2D eigenvalue weighted by Crippen LogP contribution is 2.35. The maximum atomic E-state index is 13.2. The van der Waals surface area contributed by atoms with Crippen molar-refractivity contribution in [3.05, 3.63) is 58.7 Å². The molecule has 0 radical (unpaired) electrons. The molecular weight excluding hydrogens is 720 g/mol. The number of likely N-dealkylation sites (tertiary alicyclic amines) is 1. The molecule has 4 rings (SSSR count). The maximum Gasteiger partial charge on any atom is 0.416 e. The van der Waals surface area contributed by atoms with Crippen molar-refractivity contribution < 1.29 is 35.7 Å². The second-order valence-electron chi connectivity index (χ2n) is 15.3. The summed E-state index contributed by atoms with van der Waals surface area (Å²) >= 11 is 0. The molecule has 2 aliphatic rings. The molecule has 1 amide bonds. The van der Waals surface area contributed by atoms with E-state index in [4.69, 9.17) is 9.29 Å². The molecule has 0 aliphatic carbocycles. The van der Waals surface area contributed by atoms with Gasteiger partial charge in [-0.2, -0.15) is 21.6 Å². The Bertz CT molecular complexity index is 1520. The van der Waals surface area contributed by atoms with Gasteiger partial charge in [0.15, 0.2) is 0 Å². The van der Waals surface area contributed by atoms with Crippen molar-refractivity contribution in [2.45, 2.75) is 135 Å². The largest absolute Gasteiger partial charge is 0.416 e. The summed E-state index contributed by atoms with van der Waals surface area (Å²) in [6.07, 6.45) is 10.5. The molecule has 0 unspecified atom stereocenters. The van der Waals surface area contributed by atoms with Gasteiger partial charge in [0.05, 0.1) is 40.9 Å². The number of benzene rings is 1. The smallest absolute Gasteiger partial charge is 0.383 e. The van der Waals surface area contributed by atoms with Gasteiger partial charge in [0, 0.05) is 51.4 Å². The predicted molar refractivity (Wildman–Crippen MR) is 207 cm³/mol. The van der Waals surface area contributed by atoms with Gasteiger partial charge in [0.25, 0.3) is 16.0 Å². The molecule has 0 spiro atoms. The lowest BCUT2D eigenvalue weighted by atomic mass is 9.86. The number of carbonyl (C=O) groups is 1. The average molecular weight is 784 g/mol. The third-order valence-electron chi connectivity index (χ3n) is 11.1. The molecule has 2 saturated heterocycles. The summed E-state index contributed by atoms with van der Waals surface area (Å²) in [6, 6.07) is 5.52. The van der Waals surface area contributed by atoms with Gasteiger partial charge in [-0.3, -0.25) is 19.1 Å². The molecule has 10 nitrogen and oxygen atoms in total.